The predicted octanol–water partition coefficient (Wildman–Crippen LogP) is -5.93. The van der Waals surface area contributed by atoms with Gasteiger partial charge in [0.15, 0.2) is 0 Å². The van der Waals surface area contributed by atoms with Crippen LogP contribution in [0.2, 0.25) is 0 Å². The number of rotatable bonds is 6. The third-order valence-corrected chi connectivity index (χ3v) is 4.34. The topological polar surface area (TPSA) is 65.4 Å². The average Bonchev–Trinajstić information content (AvgIpc) is 3.19. The molecular weight excluding hydrogens is 489 g/mol. The molecular formula is C30H64ClLi3N4O+2. The monoisotopic (exact) mass is 553 g/mol. The largest absolute Gasteiger partial charge is 1.00 e. The molecule has 1 aliphatic heterocycles. The third kappa shape index (κ3) is 46.2. The van der Waals surface area contributed by atoms with Crippen LogP contribution < -0.4 is 79.0 Å². The van der Waals surface area contributed by atoms with Gasteiger partial charge in [-0.1, -0.05) is 26.7 Å². The maximum atomic E-state index is 4.94. The number of amidine groups is 2. The van der Waals surface area contributed by atoms with Gasteiger partial charge in [0.2, 0.25) is 0 Å². The second kappa shape index (κ2) is 26.6. The van der Waals surface area contributed by atoms with Crippen molar-refractivity contribution in [2.24, 2.45) is 0 Å². The standard InChI is InChI=1S/2C13H27N2.C4H8O.ClH.3Li/c2*1-8-9-10-11(14-12(2,3)4)15-13(5,6)7;1-2-4-5-3-1;;;;/h2*8-10H2,1-7H3;1-4H2;1H;;;/q2*-1;;;3*+1/p+1. The van der Waals surface area contributed by atoms with Gasteiger partial charge in [-0.25, -0.2) is 0 Å². The van der Waals surface area contributed by atoms with Crippen molar-refractivity contribution in [1.29, 1.82) is 0 Å². The molecule has 0 saturated carbocycles. The second-order valence-electron chi connectivity index (χ2n) is 13.7. The third-order valence-electron chi connectivity index (χ3n) is 4.34. The van der Waals surface area contributed by atoms with Crippen molar-refractivity contribution in [2.75, 3.05) is 13.2 Å². The van der Waals surface area contributed by atoms with Gasteiger partial charge in [-0.3, -0.25) is 10.6 Å². The molecule has 1 aliphatic rings. The van der Waals surface area contributed by atoms with E-state index in [9.17, 15) is 0 Å². The molecule has 1 fully saturated rings. The molecule has 0 unspecified atom stereocenters. The van der Waals surface area contributed by atoms with Crippen LogP contribution in [0.15, 0.2) is 0 Å². The summed E-state index contributed by atoms with van der Waals surface area (Å²) >= 11 is 0. The molecule has 1 rings (SSSR count). The molecule has 0 aliphatic carbocycles. The molecule has 1 heterocycles. The van der Waals surface area contributed by atoms with E-state index in [1.54, 1.807) is 0 Å². The quantitative estimate of drug-likeness (QED) is 0.192. The first-order chi connectivity index (χ1) is 15.8. The summed E-state index contributed by atoms with van der Waals surface area (Å²) in [5.41, 5.74) is 0.248. The summed E-state index contributed by atoms with van der Waals surface area (Å²) in [5, 5.41) is 9.47. The van der Waals surface area contributed by atoms with Crippen molar-refractivity contribution in [3.05, 3.63) is 10.6 Å². The number of unbranched alkanes of at least 4 members (excludes halogenated alkanes) is 2. The molecule has 0 atom stereocenters. The van der Waals surface area contributed by atoms with Crippen LogP contribution in [0.3, 0.4) is 0 Å². The number of hydrogen-bond donors (Lipinski definition) is 2. The van der Waals surface area contributed by atoms with Crippen molar-refractivity contribution in [1.82, 2.24) is 0 Å². The van der Waals surface area contributed by atoms with Gasteiger partial charge < -0.3 is 27.1 Å². The van der Waals surface area contributed by atoms with Crippen molar-refractivity contribution < 1.29 is 83.7 Å². The van der Waals surface area contributed by atoms with Crippen molar-refractivity contribution in [3.63, 3.8) is 0 Å². The number of halogens is 1. The molecule has 39 heavy (non-hydrogen) atoms. The summed E-state index contributed by atoms with van der Waals surface area (Å²) in [5.74, 6) is 2.30. The summed E-state index contributed by atoms with van der Waals surface area (Å²) in [6, 6.07) is 0. The fraction of sp³-hybridized carbons (Fsp3) is 0.933. The first-order valence-electron chi connectivity index (χ1n) is 14.1. The van der Waals surface area contributed by atoms with Crippen LogP contribution in [-0.2, 0) is 4.74 Å². The number of ether oxygens (including phenoxy) is 1. The van der Waals surface area contributed by atoms with E-state index in [1.165, 1.54) is 38.5 Å². The molecule has 5 nitrogen and oxygen atoms in total. The molecule has 0 spiro atoms. The Balaban J connectivity index is -0.000000108. The van der Waals surface area contributed by atoms with Gasteiger partial charge in [0.05, 0.1) is 22.7 Å². The smallest absolute Gasteiger partial charge is 1.00 e. The molecule has 0 amide bonds. The van der Waals surface area contributed by atoms with Crippen LogP contribution in [-0.4, -0.2) is 47.0 Å². The first-order valence-corrected chi connectivity index (χ1v) is 14.1. The van der Waals surface area contributed by atoms with E-state index >= 15 is 0 Å². The van der Waals surface area contributed by atoms with Crippen LogP contribution in [0.5, 0.6) is 0 Å². The molecule has 0 aromatic rings. The maximum Gasteiger partial charge on any atom is 1.00 e. The van der Waals surface area contributed by atoms with Gasteiger partial charge in [0, 0.05) is 37.1 Å². The molecule has 218 valence electrons. The minimum absolute atomic E-state index is 0. The molecule has 1 saturated heterocycles. The molecule has 0 aromatic carbocycles. The SMILES string of the molecule is C1CCOC1.CCCCC([N-]C(C)(C)C)=[NH+]C(C)(C)C.CCCCC([N-]C(C)(C)C)=[NH+]C(C)(C)C.[Cl-].[Li+].[Li+].[Li+]. The zero-order chi connectivity index (χ0) is 27.8. The van der Waals surface area contributed by atoms with Crippen LogP contribution in [0.1, 0.15) is 148 Å². The summed E-state index contributed by atoms with van der Waals surface area (Å²) in [6.45, 7) is 32.3. The normalized spacial score (nSPS) is 14.0. The van der Waals surface area contributed by atoms with E-state index in [4.69, 9.17) is 15.4 Å². The zero-order valence-corrected chi connectivity index (χ0v) is 30.5. The van der Waals surface area contributed by atoms with Crippen LogP contribution >= 0.6 is 0 Å². The Labute approximate surface area is 287 Å². The molecule has 0 radical (unpaired) electrons. The maximum absolute atomic E-state index is 4.94. The van der Waals surface area contributed by atoms with Gasteiger partial charge in [-0.2, -0.15) is 0 Å². The number of nitrogens with one attached hydrogen (secondary N) is 2. The molecule has 2 N–H and O–H groups in total. The van der Waals surface area contributed by atoms with Gasteiger partial charge in [-0.05, 0) is 109 Å². The average molecular weight is 553 g/mol. The van der Waals surface area contributed by atoms with E-state index in [-0.39, 0.29) is 91.1 Å². The van der Waals surface area contributed by atoms with Gasteiger partial charge in [0.25, 0.3) is 0 Å². The number of nitrogens with zero attached hydrogens (tertiary/aromatic N) is 2. The first kappa shape index (κ1) is 52.6. The fourth-order valence-corrected chi connectivity index (χ4v) is 3.17. The molecule has 0 aromatic heterocycles. The summed E-state index contributed by atoms with van der Waals surface area (Å²) in [6.07, 6.45) is 9.52. The van der Waals surface area contributed by atoms with Gasteiger partial charge in [-0.15, -0.1) is 0 Å². The Morgan fingerprint density at radius 3 is 1.03 bits per heavy atom. The van der Waals surface area contributed by atoms with Crippen LogP contribution in [0.25, 0.3) is 10.6 Å². The Bertz CT molecular complexity index is 544. The Kier molecular flexibility index (Phi) is 35.9. The zero-order valence-electron chi connectivity index (χ0n) is 29.8. The summed E-state index contributed by atoms with van der Waals surface area (Å²) < 4.78 is 4.94. The van der Waals surface area contributed by atoms with Gasteiger partial charge >= 0.3 is 56.6 Å². The Morgan fingerprint density at radius 2 is 0.872 bits per heavy atom. The van der Waals surface area contributed by atoms with Crippen molar-refractivity contribution in [3.8, 4) is 0 Å². The van der Waals surface area contributed by atoms with E-state index in [0.717, 1.165) is 37.7 Å². The van der Waals surface area contributed by atoms with Crippen molar-refractivity contribution in [2.45, 2.75) is 170 Å². The van der Waals surface area contributed by atoms with Crippen LogP contribution in [0.4, 0.5) is 0 Å². The van der Waals surface area contributed by atoms with Crippen molar-refractivity contribution >= 4 is 11.7 Å². The summed E-state index contributed by atoms with van der Waals surface area (Å²) in [7, 11) is 0. The Hall–Kier alpha value is 0.982. The summed E-state index contributed by atoms with van der Waals surface area (Å²) in [4.78, 5) is 7.00. The van der Waals surface area contributed by atoms with E-state index in [0.29, 0.717) is 0 Å². The minimum Gasteiger partial charge on any atom is -1.00 e. The second-order valence-corrected chi connectivity index (χ2v) is 13.7. The van der Waals surface area contributed by atoms with Crippen LogP contribution in [0, 0.1) is 0 Å². The van der Waals surface area contributed by atoms with E-state index < -0.39 is 0 Å². The predicted molar refractivity (Wildman–Crippen MR) is 157 cm³/mol. The Morgan fingerprint density at radius 1 is 0.590 bits per heavy atom. The number of hydrogen-bond acceptors (Lipinski definition) is 1. The molecule has 0 bridgehead atoms. The minimum atomic E-state index is 0. The van der Waals surface area contributed by atoms with E-state index in [1.807, 2.05) is 0 Å². The van der Waals surface area contributed by atoms with E-state index in [2.05, 4.69) is 107 Å². The fourth-order valence-electron chi connectivity index (χ4n) is 3.17. The van der Waals surface area contributed by atoms with Gasteiger partial charge in [0.1, 0.15) is 0 Å². The molecule has 9 heteroatoms.